The molecule has 0 bridgehead atoms. The molecule has 0 aliphatic rings. The van der Waals surface area contributed by atoms with Gasteiger partial charge in [-0.1, -0.05) is 212 Å². The topological polar surface area (TPSA) is 6.48 Å². The first-order chi connectivity index (χ1) is 32.7. The first-order valence-corrected chi connectivity index (χ1v) is 22.6. The van der Waals surface area contributed by atoms with E-state index in [2.05, 4.69) is 289 Å². The maximum absolute atomic E-state index is 2.43. The number of rotatable bonds is 11. The van der Waals surface area contributed by atoms with Crippen molar-refractivity contribution in [3.8, 4) is 55.6 Å². The van der Waals surface area contributed by atoms with Crippen LogP contribution in [-0.4, -0.2) is 0 Å². The second-order valence-corrected chi connectivity index (χ2v) is 16.6. The van der Waals surface area contributed by atoms with Crippen LogP contribution in [0.1, 0.15) is 0 Å². The third-order valence-corrected chi connectivity index (χ3v) is 12.4. The van der Waals surface area contributed by atoms with E-state index in [0.717, 1.165) is 56.4 Å². The van der Waals surface area contributed by atoms with E-state index < -0.39 is 0 Å². The molecule has 0 fully saturated rings. The van der Waals surface area contributed by atoms with Gasteiger partial charge < -0.3 is 9.80 Å². The molecule has 0 aliphatic heterocycles. The van der Waals surface area contributed by atoms with Crippen LogP contribution >= 0.6 is 0 Å². The van der Waals surface area contributed by atoms with Crippen molar-refractivity contribution in [3.63, 3.8) is 0 Å². The third-order valence-electron chi connectivity index (χ3n) is 12.4. The molecule has 0 aromatic heterocycles. The van der Waals surface area contributed by atoms with Crippen molar-refractivity contribution in [1.29, 1.82) is 0 Å². The van der Waals surface area contributed by atoms with E-state index in [4.69, 9.17) is 0 Å². The molecular formula is C64H46N2. The minimum absolute atomic E-state index is 1.04. The average molecular weight is 843 g/mol. The molecule has 11 aromatic carbocycles. The van der Waals surface area contributed by atoms with Crippen molar-refractivity contribution in [2.45, 2.75) is 0 Å². The zero-order valence-electron chi connectivity index (χ0n) is 36.5. The molecule has 0 spiro atoms. The predicted molar refractivity (Wildman–Crippen MR) is 280 cm³/mol. The third kappa shape index (κ3) is 8.28. The molecular weight excluding hydrogens is 797 g/mol. The van der Waals surface area contributed by atoms with E-state index in [1.165, 1.54) is 44.2 Å². The van der Waals surface area contributed by atoms with Crippen LogP contribution in [0.25, 0.3) is 66.4 Å². The van der Waals surface area contributed by atoms with Crippen LogP contribution in [0.5, 0.6) is 0 Å². The number of para-hydroxylation sites is 1. The molecule has 11 aromatic rings. The van der Waals surface area contributed by atoms with E-state index in [0.29, 0.717) is 0 Å². The van der Waals surface area contributed by atoms with Gasteiger partial charge in [0.05, 0.1) is 5.69 Å². The van der Waals surface area contributed by atoms with Crippen molar-refractivity contribution in [2.75, 3.05) is 9.80 Å². The lowest BCUT2D eigenvalue weighted by Crippen LogP contribution is -2.14. The summed E-state index contributed by atoms with van der Waals surface area (Å²) >= 11 is 0. The SMILES string of the molecule is c1ccc(-c2ccc(N(c3ccc(-c4ccccc4)cc3)c3cc(-c4ccc5ccccc5c4)cc(N(c4ccc(-c5ccccc5)cc4)c4ccccc4-c4ccccc4)c3)cc2)cc1. The Morgan fingerprint density at radius 1 is 0.182 bits per heavy atom. The fraction of sp³-hybridized carbons (Fsp3) is 0. The Hall–Kier alpha value is -8.72. The summed E-state index contributed by atoms with van der Waals surface area (Å²) in [6.45, 7) is 0. The summed E-state index contributed by atoms with van der Waals surface area (Å²) in [7, 11) is 0. The van der Waals surface area contributed by atoms with Crippen LogP contribution in [0.2, 0.25) is 0 Å². The van der Waals surface area contributed by atoms with E-state index >= 15 is 0 Å². The van der Waals surface area contributed by atoms with Gasteiger partial charge in [0.2, 0.25) is 0 Å². The van der Waals surface area contributed by atoms with Crippen LogP contribution in [0.15, 0.2) is 279 Å². The second-order valence-electron chi connectivity index (χ2n) is 16.6. The van der Waals surface area contributed by atoms with Crippen LogP contribution < -0.4 is 9.80 Å². The van der Waals surface area contributed by atoms with Crippen LogP contribution in [0.3, 0.4) is 0 Å². The van der Waals surface area contributed by atoms with Crippen molar-refractivity contribution >= 4 is 44.9 Å². The average Bonchev–Trinajstić information content (AvgIpc) is 3.40. The molecule has 0 N–H and O–H groups in total. The van der Waals surface area contributed by atoms with Crippen molar-refractivity contribution in [2.24, 2.45) is 0 Å². The van der Waals surface area contributed by atoms with Gasteiger partial charge in [0.15, 0.2) is 0 Å². The smallest absolute Gasteiger partial charge is 0.0540 e. The van der Waals surface area contributed by atoms with Gasteiger partial charge >= 0.3 is 0 Å². The number of anilines is 6. The Balaban J connectivity index is 1.15. The molecule has 2 heteroatoms. The fourth-order valence-corrected chi connectivity index (χ4v) is 9.09. The highest BCUT2D eigenvalue weighted by atomic mass is 15.2. The minimum atomic E-state index is 1.04. The van der Waals surface area contributed by atoms with Gasteiger partial charge in [0.1, 0.15) is 0 Å². The van der Waals surface area contributed by atoms with E-state index in [9.17, 15) is 0 Å². The summed E-state index contributed by atoms with van der Waals surface area (Å²) in [5.74, 6) is 0. The van der Waals surface area contributed by atoms with Gasteiger partial charge in [-0.05, 0) is 128 Å². The van der Waals surface area contributed by atoms with Crippen LogP contribution in [0.4, 0.5) is 34.1 Å². The summed E-state index contributed by atoms with van der Waals surface area (Å²) in [6, 6.07) is 101. The van der Waals surface area contributed by atoms with Crippen LogP contribution in [0, 0.1) is 0 Å². The Morgan fingerprint density at radius 2 is 0.545 bits per heavy atom. The molecule has 0 atom stereocenters. The van der Waals surface area contributed by atoms with Gasteiger partial charge in [-0.3, -0.25) is 0 Å². The fourth-order valence-electron chi connectivity index (χ4n) is 9.09. The van der Waals surface area contributed by atoms with Gasteiger partial charge in [-0.2, -0.15) is 0 Å². The highest BCUT2D eigenvalue weighted by Crippen LogP contribution is 2.46. The monoisotopic (exact) mass is 842 g/mol. The van der Waals surface area contributed by atoms with Crippen molar-refractivity contribution < 1.29 is 0 Å². The molecule has 0 radical (unpaired) electrons. The predicted octanol–water partition coefficient (Wildman–Crippen LogP) is 18.1. The minimum Gasteiger partial charge on any atom is -0.310 e. The largest absolute Gasteiger partial charge is 0.310 e. The summed E-state index contributed by atoms with van der Waals surface area (Å²) in [5, 5.41) is 2.42. The highest BCUT2D eigenvalue weighted by molar-refractivity contribution is 5.94. The maximum Gasteiger partial charge on any atom is 0.0540 e. The molecule has 0 saturated carbocycles. The van der Waals surface area contributed by atoms with Gasteiger partial charge in [0, 0.05) is 34.0 Å². The van der Waals surface area contributed by atoms with Gasteiger partial charge in [0.25, 0.3) is 0 Å². The first kappa shape index (κ1) is 40.1. The highest BCUT2D eigenvalue weighted by Gasteiger charge is 2.22. The molecule has 0 amide bonds. The van der Waals surface area contributed by atoms with E-state index in [1.54, 1.807) is 0 Å². The van der Waals surface area contributed by atoms with Gasteiger partial charge in [-0.15, -0.1) is 0 Å². The zero-order chi connectivity index (χ0) is 44.1. The lowest BCUT2D eigenvalue weighted by atomic mass is 9.97. The Morgan fingerprint density at radius 3 is 1.05 bits per heavy atom. The number of hydrogen-bond acceptors (Lipinski definition) is 2. The van der Waals surface area contributed by atoms with Crippen molar-refractivity contribution in [3.05, 3.63) is 279 Å². The van der Waals surface area contributed by atoms with Crippen molar-refractivity contribution in [1.82, 2.24) is 0 Å². The quantitative estimate of drug-likeness (QED) is 0.128. The molecule has 66 heavy (non-hydrogen) atoms. The first-order valence-electron chi connectivity index (χ1n) is 22.6. The Labute approximate surface area is 387 Å². The summed E-state index contributed by atoms with van der Waals surface area (Å²) < 4.78 is 0. The summed E-state index contributed by atoms with van der Waals surface area (Å²) in [6.07, 6.45) is 0. The maximum atomic E-state index is 2.43. The molecule has 2 nitrogen and oxygen atoms in total. The zero-order valence-corrected chi connectivity index (χ0v) is 36.5. The number of hydrogen-bond donors (Lipinski definition) is 0. The van der Waals surface area contributed by atoms with Crippen LogP contribution in [-0.2, 0) is 0 Å². The number of benzene rings is 11. The Kier molecular flexibility index (Phi) is 11.0. The second kappa shape index (κ2) is 18.2. The summed E-state index contributed by atoms with van der Waals surface area (Å²) in [5.41, 5.74) is 18.0. The standard InChI is InChI=1S/C64H46N2/c1-5-17-47(18-6-1)51-31-37-58(38-32-51)65(59-39-33-52(34-40-59)48-19-7-2-8-20-48)61-44-57(56-30-29-50-23-13-14-26-55(50)43-56)45-62(46-61)66(60-41-35-53(36-42-60)49-21-9-3-10-22-49)64-28-16-15-27-63(64)54-24-11-4-12-25-54/h1-46H. The lowest BCUT2D eigenvalue weighted by molar-refractivity contribution is 1.25. The van der Waals surface area contributed by atoms with E-state index in [-0.39, 0.29) is 0 Å². The molecule has 0 heterocycles. The normalized spacial score (nSPS) is 11.0. The molecule has 0 aliphatic carbocycles. The molecule has 0 unspecified atom stereocenters. The molecule has 312 valence electrons. The molecule has 11 rings (SSSR count). The molecule has 0 saturated heterocycles. The number of nitrogens with zero attached hydrogens (tertiary/aromatic N) is 2. The Bertz CT molecular complexity index is 3280. The lowest BCUT2D eigenvalue weighted by Gasteiger charge is -2.31. The van der Waals surface area contributed by atoms with E-state index in [1.807, 2.05) is 0 Å². The number of fused-ring (bicyclic) bond motifs is 1. The summed E-state index contributed by atoms with van der Waals surface area (Å²) in [4.78, 5) is 4.83. The van der Waals surface area contributed by atoms with Gasteiger partial charge in [-0.25, -0.2) is 0 Å².